The van der Waals surface area contributed by atoms with Gasteiger partial charge in [-0.25, -0.2) is 0 Å². The van der Waals surface area contributed by atoms with Crippen LogP contribution < -0.4 is 4.74 Å². The smallest absolute Gasteiger partial charge is 0.405 e. The summed E-state index contributed by atoms with van der Waals surface area (Å²) in [6, 6.07) is 3.95. The van der Waals surface area contributed by atoms with E-state index < -0.39 is 23.3 Å². The summed E-state index contributed by atoms with van der Waals surface area (Å²) in [4.78, 5) is 11.1. The molecule has 0 bridgehead atoms. The minimum Gasteiger partial charge on any atom is -0.405 e. The number of carbonyl (C=O) groups excluding carboxylic acids is 1. The number of halogens is 5. The highest BCUT2D eigenvalue weighted by Crippen LogP contribution is 2.38. The van der Waals surface area contributed by atoms with Crippen molar-refractivity contribution in [3.8, 4) is 5.75 Å². The van der Waals surface area contributed by atoms with E-state index in [1.807, 2.05) is 0 Å². The molecule has 0 saturated carbocycles. The van der Waals surface area contributed by atoms with Crippen molar-refractivity contribution in [1.82, 2.24) is 0 Å². The highest BCUT2D eigenvalue weighted by Gasteiger charge is 2.34. The van der Waals surface area contributed by atoms with Crippen molar-refractivity contribution >= 4 is 33.3 Å². The molecular formula is C10H7BrClF3O2. The maximum atomic E-state index is 12.2. The minimum atomic E-state index is -4.83. The minimum absolute atomic E-state index is 0.0287. The van der Waals surface area contributed by atoms with Crippen molar-refractivity contribution < 1.29 is 22.7 Å². The lowest BCUT2D eigenvalue weighted by atomic mass is 10.1. The number of benzene rings is 1. The van der Waals surface area contributed by atoms with Crippen LogP contribution in [-0.4, -0.2) is 12.1 Å². The van der Waals surface area contributed by atoms with Gasteiger partial charge in [0, 0.05) is 10.0 Å². The summed E-state index contributed by atoms with van der Waals surface area (Å²) in [7, 11) is 0. The summed E-state index contributed by atoms with van der Waals surface area (Å²) in [5.41, 5.74) is -0.0287. The lowest BCUT2D eigenvalue weighted by Crippen LogP contribution is -2.19. The Labute approximate surface area is 109 Å². The molecule has 0 aliphatic heterocycles. The molecule has 0 radical (unpaired) electrons. The van der Waals surface area contributed by atoms with Crippen molar-refractivity contribution in [1.29, 1.82) is 0 Å². The fourth-order valence-corrected chi connectivity index (χ4v) is 2.11. The summed E-state index contributed by atoms with van der Waals surface area (Å²) >= 11 is 8.79. The molecule has 0 aromatic heterocycles. The fraction of sp³-hybridized carbons (Fsp3) is 0.300. The van der Waals surface area contributed by atoms with Gasteiger partial charge in [-0.1, -0.05) is 22.0 Å². The van der Waals surface area contributed by atoms with E-state index in [2.05, 4.69) is 20.7 Å². The van der Waals surface area contributed by atoms with Crippen molar-refractivity contribution in [2.45, 2.75) is 18.7 Å². The summed E-state index contributed by atoms with van der Waals surface area (Å²) in [5.74, 6) is -0.951. The fourth-order valence-electron chi connectivity index (χ4n) is 1.18. The van der Waals surface area contributed by atoms with Crippen molar-refractivity contribution in [3.05, 3.63) is 28.2 Å². The molecule has 1 aromatic carbocycles. The Kier molecular flexibility index (Phi) is 4.43. The van der Waals surface area contributed by atoms with Crippen molar-refractivity contribution in [2.24, 2.45) is 0 Å². The lowest BCUT2D eigenvalue weighted by molar-refractivity contribution is -0.274. The maximum absolute atomic E-state index is 12.2. The topological polar surface area (TPSA) is 26.3 Å². The second kappa shape index (κ2) is 5.27. The van der Waals surface area contributed by atoms with Gasteiger partial charge in [-0.15, -0.1) is 24.8 Å². The van der Waals surface area contributed by atoms with E-state index in [4.69, 9.17) is 11.6 Å². The first-order valence-corrected chi connectivity index (χ1v) is 5.64. The van der Waals surface area contributed by atoms with E-state index in [1.165, 1.54) is 19.1 Å². The van der Waals surface area contributed by atoms with Gasteiger partial charge in [0.15, 0.2) is 5.78 Å². The summed E-state index contributed by atoms with van der Waals surface area (Å²) in [6.07, 6.45) is -4.83. The molecule has 7 heteroatoms. The number of rotatable bonds is 3. The maximum Gasteiger partial charge on any atom is 0.573 e. The van der Waals surface area contributed by atoms with Gasteiger partial charge in [-0.3, -0.25) is 4.79 Å². The van der Waals surface area contributed by atoms with Gasteiger partial charge in [-0.2, -0.15) is 0 Å². The van der Waals surface area contributed by atoms with Crippen LogP contribution in [0.5, 0.6) is 5.75 Å². The zero-order chi connectivity index (χ0) is 13.2. The molecular weight excluding hydrogens is 324 g/mol. The van der Waals surface area contributed by atoms with Crippen LogP contribution >= 0.6 is 27.5 Å². The van der Waals surface area contributed by atoms with Crippen molar-refractivity contribution in [2.75, 3.05) is 0 Å². The molecule has 1 atom stereocenters. The zero-order valence-corrected chi connectivity index (χ0v) is 10.9. The molecule has 0 aliphatic rings. The van der Waals surface area contributed by atoms with Crippen LogP contribution in [0.2, 0.25) is 0 Å². The molecule has 0 aliphatic carbocycles. The van der Waals surface area contributed by atoms with Crippen LogP contribution in [0.4, 0.5) is 13.2 Å². The van der Waals surface area contributed by atoms with E-state index in [9.17, 15) is 18.0 Å². The first-order chi connectivity index (χ1) is 7.72. The molecule has 0 fully saturated rings. The molecule has 1 rings (SSSR count). The number of ether oxygens (including phenoxy) is 1. The van der Waals surface area contributed by atoms with E-state index in [0.717, 1.165) is 6.07 Å². The SMILES string of the molecule is CC(=O)C(Cl)c1c(Br)cccc1OC(F)(F)F. The van der Waals surface area contributed by atoms with Gasteiger partial charge < -0.3 is 4.74 Å². The van der Waals surface area contributed by atoms with Crippen LogP contribution in [0.1, 0.15) is 17.9 Å². The number of Topliss-reactive ketones (excluding diaryl/α,β-unsaturated/α-hetero) is 1. The second-order valence-electron chi connectivity index (χ2n) is 3.17. The lowest BCUT2D eigenvalue weighted by Gasteiger charge is -2.16. The molecule has 0 spiro atoms. The van der Waals surface area contributed by atoms with Gasteiger partial charge in [0.2, 0.25) is 0 Å². The van der Waals surface area contributed by atoms with E-state index in [1.54, 1.807) is 0 Å². The summed E-state index contributed by atoms with van der Waals surface area (Å²) < 4.78 is 40.6. The Bertz CT molecular complexity index is 434. The quantitative estimate of drug-likeness (QED) is 0.775. The molecule has 0 saturated heterocycles. The Morgan fingerprint density at radius 2 is 2.06 bits per heavy atom. The van der Waals surface area contributed by atoms with Crippen LogP contribution in [0.3, 0.4) is 0 Å². The molecule has 1 aromatic rings. The molecule has 0 heterocycles. The standard InChI is InChI=1S/C10H7BrClF3O2/c1-5(16)9(12)8-6(11)3-2-4-7(8)17-10(13,14)15/h2-4,9H,1H3. The Hall–Kier alpha value is -0.750. The predicted octanol–water partition coefficient (Wildman–Crippen LogP) is 4.22. The first-order valence-electron chi connectivity index (χ1n) is 4.41. The largest absolute Gasteiger partial charge is 0.573 e. The van der Waals surface area contributed by atoms with Gasteiger partial charge in [-0.05, 0) is 19.1 Å². The van der Waals surface area contributed by atoms with Crippen molar-refractivity contribution in [3.63, 3.8) is 0 Å². The van der Waals surface area contributed by atoms with Crippen LogP contribution in [0, 0.1) is 0 Å². The highest BCUT2D eigenvalue weighted by molar-refractivity contribution is 9.10. The molecule has 94 valence electrons. The summed E-state index contributed by atoms with van der Waals surface area (Å²) in [5, 5.41) is -1.19. The number of alkyl halides is 4. The van der Waals surface area contributed by atoms with Crippen LogP contribution in [-0.2, 0) is 4.79 Å². The zero-order valence-electron chi connectivity index (χ0n) is 8.52. The van der Waals surface area contributed by atoms with Gasteiger partial charge in [0.1, 0.15) is 11.1 Å². The van der Waals surface area contributed by atoms with E-state index in [-0.39, 0.29) is 10.0 Å². The third kappa shape index (κ3) is 3.89. The second-order valence-corrected chi connectivity index (χ2v) is 4.46. The van der Waals surface area contributed by atoms with E-state index in [0.29, 0.717) is 0 Å². The average Bonchev–Trinajstić information content (AvgIpc) is 2.14. The third-order valence-electron chi connectivity index (χ3n) is 1.85. The Morgan fingerprint density at radius 3 is 2.53 bits per heavy atom. The van der Waals surface area contributed by atoms with Crippen LogP contribution in [0.15, 0.2) is 22.7 Å². The van der Waals surface area contributed by atoms with Gasteiger partial charge in [0.05, 0.1) is 0 Å². The molecule has 0 N–H and O–H groups in total. The predicted molar refractivity (Wildman–Crippen MR) is 60.1 cm³/mol. The molecule has 2 nitrogen and oxygen atoms in total. The monoisotopic (exact) mass is 330 g/mol. The molecule has 1 unspecified atom stereocenters. The highest BCUT2D eigenvalue weighted by atomic mass is 79.9. The Balaban J connectivity index is 3.22. The number of carbonyl (C=O) groups is 1. The first kappa shape index (κ1) is 14.3. The molecule has 0 amide bonds. The average molecular weight is 332 g/mol. The van der Waals surface area contributed by atoms with Crippen LogP contribution in [0.25, 0.3) is 0 Å². The number of hydrogen-bond donors (Lipinski definition) is 0. The number of hydrogen-bond acceptors (Lipinski definition) is 2. The molecule has 17 heavy (non-hydrogen) atoms. The summed E-state index contributed by atoms with van der Waals surface area (Å²) in [6.45, 7) is 1.19. The van der Waals surface area contributed by atoms with Gasteiger partial charge in [0.25, 0.3) is 0 Å². The Morgan fingerprint density at radius 1 is 1.47 bits per heavy atom. The third-order valence-corrected chi connectivity index (χ3v) is 3.07. The van der Waals surface area contributed by atoms with Gasteiger partial charge >= 0.3 is 6.36 Å². The normalized spacial score (nSPS) is 13.3. The van der Waals surface area contributed by atoms with E-state index >= 15 is 0 Å². The number of ketones is 1.